The third-order valence-electron chi connectivity index (χ3n) is 6.04. The van der Waals surface area contributed by atoms with Crippen molar-refractivity contribution in [2.75, 3.05) is 6.61 Å². The largest absolute Gasteiger partial charge is 0.416 e. The van der Waals surface area contributed by atoms with E-state index in [1.165, 1.54) is 49.8 Å². The van der Waals surface area contributed by atoms with Crippen molar-refractivity contribution in [2.24, 2.45) is 0 Å². The molecule has 1 unspecified atom stereocenters. The lowest BCUT2D eigenvalue weighted by atomic mass is 9.80. The van der Waals surface area contributed by atoms with Crippen LogP contribution >= 0.6 is 0 Å². The van der Waals surface area contributed by atoms with Crippen LogP contribution < -0.4 is 0 Å². The molecule has 0 aliphatic carbocycles. The Morgan fingerprint density at radius 1 is 0.806 bits per heavy atom. The van der Waals surface area contributed by atoms with Gasteiger partial charge in [0.25, 0.3) is 0 Å². The van der Waals surface area contributed by atoms with Gasteiger partial charge in [-0.2, -0.15) is 13.2 Å². The number of hydrogen-bond donors (Lipinski definition) is 0. The molecule has 2 rings (SSSR count). The molecule has 0 aromatic heterocycles. The predicted molar refractivity (Wildman–Crippen MR) is 123 cm³/mol. The fraction of sp³-hybridized carbons (Fsp3) is 0.556. The Morgan fingerprint density at radius 3 is 2.06 bits per heavy atom. The fourth-order valence-electron chi connectivity index (χ4n) is 4.30. The molecule has 0 heterocycles. The summed E-state index contributed by atoms with van der Waals surface area (Å²) in [6, 6.07) is 13.5. The molecule has 0 saturated carbocycles. The standard InChI is InChI=1S/C27H37F3O/c1-5-7-8-9-10-11-15-25(26(3,4)31-6-2)22-18-16-21(17-19-22)23-13-12-14-24(20-23)27(28,29)30/h12-14,16-20,25H,5-11,15H2,1-4H3. The van der Waals surface area contributed by atoms with E-state index in [0.29, 0.717) is 12.2 Å². The number of hydrogen-bond acceptors (Lipinski definition) is 1. The van der Waals surface area contributed by atoms with Gasteiger partial charge in [-0.15, -0.1) is 0 Å². The number of benzene rings is 2. The molecule has 0 fully saturated rings. The zero-order valence-electron chi connectivity index (χ0n) is 19.4. The summed E-state index contributed by atoms with van der Waals surface area (Å²) >= 11 is 0. The summed E-state index contributed by atoms with van der Waals surface area (Å²) in [4.78, 5) is 0. The maximum atomic E-state index is 13.1. The van der Waals surface area contributed by atoms with Gasteiger partial charge in [0.1, 0.15) is 0 Å². The second-order valence-corrected chi connectivity index (χ2v) is 8.85. The topological polar surface area (TPSA) is 9.23 Å². The van der Waals surface area contributed by atoms with Crippen LogP contribution in [-0.2, 0) is 10.9 Å². The van der Waals surface area contributed by atoms with Crippen LogP contribution in [0.15, 0.2) is 48.5 Å². The first kappa shape index (κ1) is 25.5. The van der Waals surface area contributed by atoms with Crippen LogP contribution in [0.4, 0.5) is 13.2 Å². The number of rotatable bonds is 12. The zero-order valence-corrected chi connectivity index (χ0v) is 19.4. The van der Waals surface area contributed by atoms with E-state index < -0.39 is 11.7 Å². The fourth-order valence-corrected chi connectivity index (χ4v) is 4.30. The van der Waals surface area contributed by atoms with E-state index in [1.807, 2.05) is 19.1 Å². The minimum absolute atomic E-state index is 0.245. The van der Waals surface area contributed by atoms with Crippen molar-refractivity contribution in [2.45, 2.75) is 90.3 Å². The third kappa shape index (κ3) is 7.68. The van der Waals surface area contributed by atoms with Crippen molar-refractivity contribution in [3.05, 3.63) is 59.7 Å². The van der Waals surface area contributed by atoms with E-state index in [1.54, 1.807) is 6.07 Å². The van der Waals surface area contributed by atoms with E-state index >= 15 is 0 Å². The van der Waals surface area contributed by atoms with E-state index in [0.717, 1.165) is 24.5 Å². The monoisotopic (exact) mass is 434 g/mol. The molecule has 31 heavy (non-hydrogen) atoms. The molecule has 1 nitrogen and oxygen atoms in total. The van der Waals surface area contributed by atoms with Crippen LogP contribution in [0.3, 0.4) is 0 Å². The highest BCUT2D eigenvalue weighted by Crippen LogP contribution is 2.37. The van der Waals surface area contributed by atoms with Gasteiger partial charge in [0.2, 0.25) is 0 Å². The SMILES string of the molecule is CCCCCCCCC(c1ccc(-c2cccc(C(F)(F)F)c2)cc1)C(C)(C)OCC. The van der Waals surface area contributed by atoms with E-state index in [9.17, 15) is 13.2 Å². The van der Waals surface area contributed by atoms with Gasteiger partial charge in [-0.05, 0) is 56.0 Å². The Bertz CT molecular complexity index is 778. The van der Waals surface area contributed by atoms with Gasteiger partial charge < -0.3 is 4.74 Å². The minimum Gasteiger partial charge on any atom is -0.375 e. The van der Waals surface area contributed by atoms with Crippen LogP contribution in [0, 0.1) is 0 Å². The molecule has 0 N–H and O–H groups in total. The van der Waals surface area contributed by atoms with Gasteiger partial charge in [0, 0.05) is 12.5 Å². The minimum atomic E-state index is -4.33. The predicted octanol–water partition coefficient (Wildman–Crippen LogP) is 9.02. The third-order valence-corrected chi connectivity index (χ3v) is 6.04. The molecule has 0 amide bonds. The summed E-state index contributed by atoms with van der Waals surface area (Å²) < 4.78 is 45.3. The van der Waals surface area contributed by atoms with Gasteiger partial charge >= 0.3 is 6.18 Å². The molecular weight excluding hydrogens is 397 g/mol. The lowest BCUT2D eigenvalue weighted by molar-refractivity contribution is -0.137. The van der Waals surface area contributed by atoms with Crippen molar-refractivity contribution in [1.82, 2.24) is 0 Å². The van der Waals surface area contributed by atoms with E-state index in [-0.39, 0.29) is 11.5 Å². The van der Waals surface area contributed by atoms with Crippen LogP contribution in [0.5, 0.6) is 0 Å². The van der Waals surface area contributed by atoms with Gasteiger partial charge in [-0.25, -0.2) is 0 Å². The van der Waals surface area contributed by atoms with Gasteiger partial charge in [-0.3, -0.25) is 0 Å². The molecule has 4 heteroatoms. The number of halogens is 3. The average molecular weight is 435 g/mol. The maximum Gasteiger partial charge on any atom is 0.416 e. The molecule has 2 aromatic rings. The normalized spacial score (nSPS) is 13.4. The summed E-state index contributed by atoms with van der Waals surface area (Å²) in [7, 11) is 0. The van der Waals surface area contributed by atoms with Crippen molar-refractivity contribution in [3.63, 3.8) is 0 Å². The summed E-state index contributed by atoms with van der Waals surface area (Å²) in [5, 5.41) is 0. The van der Waals surface area contributed by atoms with Crippen molar-refractivity contribution in [1.29, 1.82) is 0 Å². The quantitative estimate of drug-likeness (QED) is 0.303. The van der Waals surface area contributed by atoms with Crippen molar-refractivity contribution in [3.8, 4) is 11.1 Å². The lowest BCUT2D eigenvalue weighted by Crippen LogP contribution is -2.33. The second kappa shape index (κ2) is 11.7. The summed E-state index contributed by atoms with van der Waals surface area (Å²) in [6.45, 7) is 9.17. The Kier molecular flexibility index (Phi) is 9.61. The highest BCUT2D eigenvalue weighted by atomic mass is 19.4. The number of alkyl halides is 3. The first-order valence-corrected chi connectivity index (χ1v) is 11.6. The second-order valence-electron chi connectivity index (χ2n) is 8.85. The highest BCUT2D eigenvalue weighted by molar-refractivity contribution is 5.64. The molecule has 2 aromatic carbocycles. The van der Waals surface area contributed by atoms with Crippen LogP contribution in [0.25, 0.3) is 11.1 Å². The Balaban J connectivity index is 2.17. The molecular formula is C27H37F3O. The first-order chi connectivity index (χ1) is 14.7. The summed E-state index contributed by atoms with van der Waals surface area (Å²) in [6.07, 6.45) is 4.19. The first-order valence-electron chi connectivity index (χ1n) is 11.6. The number of ether oxygens (including phenoxy) is 1. The molecule has 172 valence electrons. The summed E-state index contributed by atoms with van der Waals surface area (Å²) in [5.41, 5.74) is 1.64. The number of unbranched alkanes of at least 4 members (excludes halogenated alkanes) is 5. The van der Waals surface area contributed by atoms with Crippen LogP contribution in [-0.4, -0.2) is 12.2 Å². The highest BCUT2D eigenvalue weighted by Gasteiger charge is 2.32. The molecule has 0 spiro atoms. The summed E-state index contributed by atoms with van der Waals surface area (Å²) in [5.74, 6) is 0.245. The Morgan fingerprint density at radius 2 is 1.45 bits per heavy atom. The van der Waals surface area contributed by atoms with E-state index in [2.05, 4.69) is 32.9 Å². The van der Waals surface area contributed by atoms with Crippen LogP contribution in [0.1, 0.15) is 89.7 Å². The van der Waals surface area contributed by atoms with Gasteiger partial charge in [0.15, 0.2) is 0 Å². The molecule has 0 aliphatic heterocycles. The Hall–Kier alpha value is -1.81. The van der Waals surface area contributed by atoms with Gasteiger partial charge in [-0.1, -0.05) is 81.8 Å². The zero-order chi connectivity index (χ0) is 22.9. The van der Waals surface area contributed by atoms with Crippen molar-refractivity contribution >= 4 is 0 Å². The average Bonchev–Trinajstić information content (AvgIpc) is 2.73. The Labute approximate surface area is 186 Å². The molecule has 1 atom stereocenters. The van der Waals surface area contributed by atoms with E-state index in [4.69, 9.17) is 4.74 Å². The van der Waals surface area contributed by atoms with Crippen LogP contribution in [0.2, 0.25) is 0 Å². The molecule has 0 bridgehead atoms. The lowest BCUT2D eigenvalue weighted by Gasteiger charge is -2.35. The smallest absolute Gasteiger partial charge is 0.375 e. The maximum absolute atomic E-state index is 13.1. The van der Waals surface area contributed by atoms with Crippen molar-refractivity contribution < 1.29 is 17.9 Å². The molecule has 0 saturated heterocycles. The van der Waals surface area contributed by atoms with Gasteiger partial charge in [0.05, 0.1) is 11.2 Å². The molecule has 0 radical (unpaired) electrons. The molecule has 0 aliphatic rings.